The van der Waals surface area contributed by atoms with Gasteiger partial charge in [-0.15, -0.1) is 0 Å². The van der Waals surface area contributed by atoms with Gasteiger partial charge in [-0.3, -0.25) is 19.6 Å². The number of likely N-dealkylation sites (tertiary alicyclic amines) is 1. The average molecular weight is 710 g/mol. The number of fused-ring (bicyclic) bond motifs is 2. The van der Waals surface area contributed by atoms with Crippen LogP contribution < -0.4 is 9.64 Å². The summed E-state index contributed by atoms with van der Waals surface area (Å²) < 4.78 is 56.6. The molecule has 4 heterocycles. The number of esters is 1. The molecule has 0 amide bonds. The molecule has 0 N–H and O–H groups in total. The number of hydrogen-bond acceptors (Lipinski definition) is 10. The fourth-order valence-electron chi connectivity index (χ4n) is 7.20. The highest BCUT2D eigenvalue weighted by Crippen LogP contribution is 2.37. The van der Waals surface area contributed by atoms with Crippen LogP contribution >= 0.6 is 0 Å². The Labute approximate surface area is 299 Å². The molecule has 52 heavy (non-hydrogen) atoms. The lowest BCUT2D eigenvalue weighted by Crippen LogP contribution is -2.54. The van der Waals surface area contributed by atoms with Crippen LogP contribution in [0.2, 0.25) is 0 Å². The van der Waals surface area contributed by atoms with E-state index in [1.807, 2.05) is 83.5 Å². The first kappa shape index (κ1) is 35.1. The highest BCUT2D eigenvalue weighted by atomic mass is 19.3. The third-order valence-electron chi connectivity index (χ3n) is 9.86. The lowest BCUT2D eigenvalue weighted by Gasteiger charge is -2.40. The normalized spacial score (nSPS) is 19.2. The molecule has 2 aromatic heterocycles. The number of halogens is 3. The Bertz CT molecular complexity index is 2140. The molecule has 0 spiro atoms. The zero-order valence-electron chi connectivity index (χ0n) is 28.9. The number of hydrogen-bond donors (Lipinski definition) is 0. The molecule has 2 fully saturated rings. The van der Waals surface area contributed by atoms with E-state index in [9.17, 15) is 18.8 Å². The molecule has 7 rings (SSSR count). The molecule has 2 saturated heterocycles. The molecule has 10 nitrogen and oxygen atoms in total. The Hall–Kier alpha value is -5.32. The van der Waals surface area contributed by atoms with Crippen LogP contribution in [0.5, 0.6) is 6.01 Å². The van der Waals surface area contributed by atoms with Gasteiger partial charge in [0.25, 0.3) is 5.92 Å². The molecule has 13 heteroatoms. The third kappa shape index (κ3) is 7.35. The van der Waals surface area contributed by atoms with E-state index in [1.54, 1.807) is 13.2 Å². The summed E-state index contributed by atoms with van der Waals surface area (Å²) in [7, 11) is 1.61. The second-order valence-electron chi connectivity index (χ2n) is 13.5. The van der Waals surface area contributed by atoms with Crippen LogP contribution in [0.25, 0.3) is 32.9 Å². The molecule has 268 valence electrons. The minimum atomic E-state index is -2.84. The van der Waals surface area contributed by atoms with Crippen molar-refractivity contribution in [1.82, 2.24) is 24.8 Å². The Morgan fingerprint density at radius 3 is 2.58 bits per heavy atom. The number of anilines is 1. The monoisotopic (exact) mass is 709 g/mol. The summed E-state index contributed by atoms with van der Waals surface area (Å²) in [6.45, 7) is 2.65. The van der Waals surface area contributed by atoms with Gasteiger partial charge in [0.15, 0.2) is 5.82 Å². The van der Waals surface area contributed by atoms with Crippen molar-refractivity contribution in [3.63, 3.8) is 0 Å². The van der Waals surface area contributed by atoms with Crippen molar-refractivity contribution in [1.29, 1.82) is 5.26 Å². The first-order valence-corrected chi connectivity index (χ1v) is 17.2. The van der Waals surface area contributed by atoms with E-state index in [4.69, 9.17) is 9.47 Å². The highest BCUT2D eigenvalue weighted by molar-refractivity contribution is 6.00. The number of nitrogens with zero attached hydrogens (tertiary/aromatic N) is 7. The number of pyridine rings is 1. The zero-order valence-corrected chi connectivity index (χ0v) is 28.9. The summed E-state index contributed by atoms with van der Waals surface area (Å²) in [5.41, 5.74) is 2.53. The van der Waals surface area contributed by atoms with Crippen LogP contribution in [0.3, 0.4) is 0 Å². The fourth-order valence-corrected chi connectivity index (χ4v) is 7.20. The maximum atomic E-state index is 16.8. The van der Waals surface area contributed by atoms with Crippen LogP contribution in [0.4, 0.5) is 19.0 Å². The number of benzene rings is 3. The zero-order chi connectivity index (χ0) is 36.4. The molecule has 2 aliphatic heterocycles. The van der Waals surface area contributed by atoms with Crippen molar-refractivity contribution >= 4 is 33.5 Å². The van der Waals surface area contributed by atoms with Crippen LogP contribution in [-0.4, -0.2) is 95.1 Å². The van der Waals surface area contributed by atoms with Gasteiger partial charge in [-0.05, 0) is 35.9 Å². The van der Waals surface area contributed by atoms with E-state index >= 15 is 4.39 Å². The quantitative estimate of drug-likeness (QED) is 0.157. The van der Waals surface area contributed by atoms with Crippen molar-refractivity contribution in [3.05, 3.63) is 89.9 Å². The summed E-state index contributed by atoms with van der Waals surface area (Å²) in [6, 6.07) is 22.0. The summed E-state index contributed by atoms with van der Waals surface area (Å²) >= 11 is 0. The smallest absolute Gasteiger partial charge is 0.320 e. The van der Waals surface area contributed by atoms with Crippen LogP contribution in [0.1, 0.15) is 24.0 Å². The van der Waals surface area contributed by atoms with Gasteiger partial charge in [-0.1, -0.05) is 66.7 Å². The van der Waals surface area contributed by atoms with Crippen LogP contribution in [0, 0.1) is 24.1 Å². The summed E-state index contributed by atoms with van der Waals surface area (Å²) in [5, 5.41) is 11.9. The number of nitriles is 1. The van der Waals surface area contributed by atoms with Crippen LogP contribution in [-0.2, 0) is 16.1 Å². The molecule has 0 radical (unpaired) electrons. The van der Waals surface area contributed by atoms with Crippen LogP contribution in [0.15, 0.2) is 72.9 Å². The Morgan fingerprint density at radius 1 is 1.04 bits per heavy atom. The summed E-state index contributed by atoms with van der Waals surface area (Å²) in [4.78, 5) is 32.0. The molecule has 3 aromatic carbocycles. The third-order valence-corrected chi connectivity index (χ3v) is 9.86. The molecule has 0 saturated carbocycles. The van der Waals surface area contributed by atoms with E-state index in [0.29, 0.717) is 29.9 Å². The number of piperazine rings is 1. The number of likely N-dealkylation sites (N-methyl/N-ethyl adjacent to an activating group) is 1. The molecule has 0 unspecified atom stereocenters. The Balaban J connectivity index is 1.21. The molecular weight excluding hydrogens is 671 g/mol. The minimum absolute atomic E-state index is 0.00453. The summed E-state index contributed by atoms with van der Waals surface area (Å²) in [6.07, 6.45) is 1.29. The number of ether oxygens (including phenoxy) is 2. The largest absolute Gasteiger partial charge is 0.462 e. The second kappa shape index (κ2) is 14.7. The maximum absolute atomic E-state index is 16.8. The van der Waals surface area contributed by atoms with E-state index in [1.165, 1.54) is 4.90 Å². The summed E-state index contributed by atoms with van der Waals surface area (Å²) in [5.74, 6) is -3.58. The van der Waals surface area contributed by atoms with E-state index in [-0.39, 0.29) is 69.0 Å². The van der Waals surface area contributed by atoms with Gasteiger partial charge in [-0.25, -0.2) is 13.2 Å². The number of carbonyl (C=O) groups excluding carboxylic acids is 1. The van der Waals surface area contributed by atoms with E-state index in [0.717, 1.165) is 21.9 Å². The maximum Gasteiger partial charge on any atom is 0.320 e. The van der Waals surface area contributed by atoms with Gasteiger partial charge in [-0.2, -0.15) is 15.2 Å². The molecule has 0 bridgehead atoms. The van der Waals surface area contributed by atoms with Gasteiger partial charge < -0.3 is 14.4 Å². The SMILES string of the molecule is Cc1cccc2cccc(-c3ncc4c(N5CCN(CC(=O)OCc6ccccc6)[C@@H](CC#N)C5)nc(OC[C@@H]5CC(F)(F)CN5C)nc4c3F)c12. The number of aryl methyl sites for hydroxylation is 1. The van der Waals surface area contributed by atoms with E-state index < -0.39 is 23.8 Å². The number of rotatable bonds is 10. The van der Waals surface area contributed by atoms with Gasteiger partial charge in [0.05, 0.1) is 31.0 Å². The van der Waals surface area contributed by atoms with Crippen molar-refractivity contribution in [3.8, 4) is 23.3 Å². The molecular formula is C39H38F3N7O3. The van der Waals surface area contributed by atoms with Crippen molar-refractivity contribution in [2.24, 2.45) is 0 Å². The molecule has 2 aliphatic rings. The van der Waals surface area contributed by atoms with E-state index in [2.05, 4.69) is 21.0 Å². The van der Waals surface area contributed by atoms with Crippen molar-refractivity contribution in [2.45, 2.75) is 44.4 Å². The van der Waals surface area contributed by atoms with Gasteiger partial charge >= 0.3 is 12.0 Å². The van der Waals surface area contributed by atoms with Crippen molar-refractivity contribution < 1.29 is 27.4 Å². The number of carbonyl (C=O) groups is 1. The Morgan fingerprint density at radius 2 is 1.83 bits per heavy atom. The number of aromatic nitrogens is 3. The van der Waals surface area contributed by atoms with Gasteiger partial charge in [0.2, 0.25) is 0 Å². The second-order valence-corrected chi connectivity index (χ2v) is 13.5. The van der Waals surface area contributed by atoms with Crippen molar-refractivity contribution in [2.75, 3.05) is 51.3 Å². The Kier molecular flexibility index (Phi) is 9.94. The van der Waals surface area contributed by atoms with Gasteiger partial charge in [0.1, 0.15) is 30.2 Å². The topological polar surface area (TPSA) is 108 Å². The number of alkyl halides is 2. The predicted octanol–water partition coefficient (Wildman–Crippen LogP) is 6.16. The molecule has 2 atom stereocenters. The molecule has 0 aliphatic carbocycles. The molecule has 5 aromatic rings. The first-order valence-electron chi connectivity index (χ1n) is 17.2. The average Bonchev–Trinajstić information content (AvgIpc) is 3.41. The predicted molar refractivity (Wildman–Crippen MR) is 190 cm³/mol. The highest BCUT2D eigenvalue weighted by Gasteiger charge is 2.43. The van der Waals surface area contributed by atoms with Gasteiger partial charge in [0, 0.05) is 49.9 Å². The fraction of sp³-hybridized carbons (Fsp3) is 0.359. The lowest BCUT2D eigenvalue weighted by atomic mass is 9.97. The lowest BCUT2D eigenvalue weighted by molar-refractivity contribution is -0.147. The first-order chi connectivity index (χ1) is 25.1. The standard InChI is InChI=1S/C39H38F3N7O3/c1-25-8-6-11-27-12-7-13-30(33(25)27)35-34(40)36-31(19-44-35)37(46-38(45-36)52-23-29-18-39(41,42)24-47(29)2)49-17-16-48(28(20-49)14-15-43)21-32(50)51-22-26-9-4-3-5-10-26/h3-13,19,28-29H,14,16-18,20-24H2,1-2H3/t28-,29-/m0/s1. The minimum Gasteiger partial charge on any atom is -0.462 e.